The minimum Gasteiger partial charge on any atom is -0.508 e. The van der Waals surface area contributed by atoms with E-state index in [4.69, 9.17) is 5.73 Å². The van der Waals surface area contributed by atoms with Crippen LogP contribution < -0.4 is 5.73 Å². The Morgan fingerprint density at radius 1 is 1.00 bits per heavy atom. The standard InChI is InChI=1S/C17H23NO/c1-9-2-14(16(19)8-15(9)18)17-12-4-10-3-11(6-12)7-13(17)5-10/h2,8,10-13,17,19H,3-7,18H2,1H3. The van der Waals surface area contributed by atoms with Crippen LogP contribution in [0.3, 0.4) is 0 Å². The third kappa shape index (κ3) is 1.69. The number of rotatable bonds is 1. The normalized spacial score (nSPS) is 39.7. The van der Waals surface area contributed by atoms with Crippen LogP contribution >= 0.6 is 0 Å². The molecule has 102 valence electrons. The molecule has 4 aliphatic carbocycles. The number of benzene rings is 1. The number of hydrogen-bond donors (Lipinski definition) is 2. The van der Waals surface area contributed by atoms with Crippen LogP contribution in [0.5, 0.6) is 5.75 Å². The van der Waals surface area contributed by atoms with Gasteiger partial charge in [0, 0.05) is 11.8 Å². The number of aryl methyl sites for hydroxylation is 1. The van der Waals surface area contributed by atoms with Crippen molar-refractivity contribution in [3.05, 3.63) is 23.3 Å². The first kappa shape index (κ1) is 11.6. The minimum atomic E-state index is 0.431. The van der Waals surface area contributed by atoms with E-state index in [-0.39, 0.29) is 0 Å². The maximum atomic E-state index is 10.3. The smallest absolute Gasteiger partial charge is 0.121 e. The highest BCUT2D eigenvalue weighted by molar-refractivity contribution is 5.55. The summed E-state index contributed by atoms with van der Waals surface area (Å²) in [7, 11) is 0. The number of hydrogen-bond acceptors (Lipinski definition) is 2. The predicted octanol–water partition coefficient (Wildman–Crippen LogP) is 3.82. The molecule has 1 aromatic rings. The summed E-state index contributed by atoms with van der Waals surface area (Å²) in [6, 6.07) is 3.91. The summed E-state index contributed by atoms with van der Waals surface area (Å²) in [6.45, 7) is 2.05. The molecule has 3 N–H and O–H groups in total. The van der Waals surface area contributed by atoms with Gasteiger partial charge in [-0.05, 0) is 79.7 Å². The molecule has 4 saturated carbocycles. The van der Waals surface area contributed by atoms with Crippen LogP contribution in [-0.2, 0) is 0 Å². The largest absolute Gasteiger partial charge is 0.508 e. The van der Waals surface area contributed by atoms with Gasteiger partial charge < -0.3 is 10.8 Å². The highest BCUT2D eigenvalue weighted by Crippen LogP contribution is 2.60. The zero-order valence-electron chi connectivity index (χ0n) is 11.6. The summed E-state index contributed by atoms with van der Waals surface area (Å²) >= 11 is 0. The van der Waals surface area contributed by atoms with E-state index in [9.17, 15) is 5.11 Å². The van der Waals surface area contributed by atoms with Gasteiger partial charge in [0.1, 0.15) is 5.75 Å². The lowest BCUT2D eigenvalue weighted by molar-refractivity contribution is -0.00348. The molecule has 0 spiro atoms. The summed E-state index contributed by atoms with van der Waals surface area (Å²) in [5.74, 6) is 4.61. The van der Waals surface area contributed by atoms with Crippen molar-refractivity contribution in [2.45, 2.75) is 44.9 Å². The zero-order valence-corrected chi connectivity index (χ0v) is 11.6. The van der Waals surface area contributed by atoms with Crippen molar-refractivity contribution in [3.8, 4) is 5.75 Å². The SMILES string of the molecule is Cc1cc(C2C3CC4CC(C3)CC2C4)c(O)cc1N. The Morgan fingerprint density at radius 2 is 1.58 bits per heavy atom. The number of phenolic OH excluding ortho intramolecular Hbond substituents is 1. The van der Waals surface area contributed by atoms with Gasteiger partial charge in [-0.25, -0.2) is 0 Å². The highest BCUT2D eigenvalue weighted by Gasteiger charge is 2.49. The second-order valence-electron chi connectivity index (χ2n) is 7.22. The van der Waals surface area contributed by atoms with Gasteiger partial charge in [-0.1, -0.05) is 6.07 Å². The summed E-state index contributed by atoms with van der Waals surface area (Å²) in [4.78, 5) is 0. The lowest BCUT2D eigenvalue weighted by atomic mass is 9.50. The van der Waals surface area contributed by atoms with Gasteiger partial charge in [0.25, 0.3) is 0 Å². The summed E-state index contributed by atoms with van der Waals surface area (Å²) in [6.07, 6.45) is 7.04. The molecule has 4 bridgehead atoms. The first-order valence-corrected chi connectivity index (χ1v) is 7.70. The molecule has 2 heteroatoms. The van der Waals surface area contributed by atoms with E-state index < -0.39 is 0 Å². The molecular formula is C17H23NO. The van der Waals surface area contributed by atoms with E-state index in [0.29, 0.717) is 17.4 Å². The Balaban J connectivity index is 1.75. The van der Waals surface area contributed by atoms with Crippen molar-refractivity contribution < 1.29 is 5.11 Å². The maximum absolute atomic E-state index is 10.3. The van der Waals surface area contributed by atoms with Gasteiger partial charge in [0.2, 0.25) is 0 Å². The molecule has 0 aliphatic heterocycles. The van der Waals surface area contributed by atoms with Gasteiger partial charge >= 0.3 is 0 Å². The van der Waals surface area contributed by atoms with Gasteiger partial charge in [0.05, 0.1) is 0 Å². The minimum absolute atomic E-state index is 0.431. The topological polar surface area (TPSA) is 46.2 Å². The molecule has 0 atom stereocenters. The highest BCUT2D eigenvalue weighted by atomic mass is 16.3. The summed E-state index contributed by atoms with van der Waals surface area (Å²) < 4.78 is 0. The number of aromatic hydroxyl groups is 1. The molecule has 1 aromatic carbocycles. The molecule has 2 nitrogen and oxygen atoms in total. The number of phenols is 1. The van der Waals surface area contributed by atoms with Gasteiger partial charge in [-0.2, -0.15) is 0 Å². The fraction of sp³-hybridized carbons (Fsp3) is 0.647. The van der Waals surface area contributed by atoms with Gasteiger partial charge in [-0.3, -0.25) is 0 Å². The average Bonchev–Trinajstić information content (AvgIpc) is 2.34. The van der Waals surface area contributed by atoms with Crippen molar-refractivity contribution >= 4 is 5.69 Å². The Hall–Kier alpha value is -1.18. The molecule has 0 aromatic heterocycles. The maximum Gasteiger partial charge on any atom is 0.121 e. The van der Waals surface area contributed by atoms with E-state index >= 15 is 0 Å². The molecular weight excluding hydrogens is 234 g/mol. The van der Waals surface area contributed by atoms with E-state index in [0.717, 1.165) is 29.2 Å². The van der Waals surface area contributed by atoms with Crippen LogP contribution in [0.1, 0.15) is 49.1 Å². The lowest BCUT2D eigenvalue weighted by Crippen LogP contribution is -2.43. The quantitative estimate of drug-likeness (QED) is 0.751. The van der Waals surface area contributed by atoms with E-state index in [1.807, 2.05) is 6.92 Å². The first-order chi connectivity index (χ1) is 9.11. The van der Waals surface area contributed by atoms with Crippen molar-refractivity contribution in [1.29, 1.82) is 0 Å². The fourth-order valence-electron chi connectivity index (χ4n) is 5.43. The molecule has 5 rings (SSSR count). The lowest BCUT2D eigenvalue weighted by Gasteiger charge is -2.54. The van der Waals surface area contributed by atoms with Crippen LogP contribution in [0.25, 0.3) is 0 Å². The fourth-order valence-corrected chi connectivity index (χ4v) is 5.43. The van der Waals surface area contributed by atoms with Crippen LogP contribution in [0.4, 0.5) is 5.69 Å². The second-order valence-corrected chi connectivity index (χ2v) is 7.22. The van der Waals surface area contributed by atoms with Crippen molar-refractivity contribution in [2.24, 2.45) is 23.7 Å². The Bertz CT molecular complexity index is 494. The number of nitrogen functional groups attached to an aromatic ring is 1. The molecule has 0 heterocycles. The third-order valence-corrected chi connectivity index (χ3v) is 6.00. The van der Waals surface area contributed by atoms with Crippen LogP contribution in [-0.4, -0.2) is 5.11 Å². The van der Waals surface area contributed by atoms with Gasteiger partial charge in [-0.15, -0.1) is 0 Å². The van der Waals surface area contributed by atoms with E-state index in [1.165, 1.54) is 37.7 Å². The Labute approximate surface area is 115 Å². The molecule has 0 saturated heterocycles. The van der Waals surface area contributed by atoms with Crippen LogP contribution in [0.15, 0.2) is 12.1 Å². The van der Waals surface area contributed by atoms with Crippen molar-refractivity contribution in [1.82, 2.24) is 0 Å². The molecule has 4 fully saturated rings. The van der Waals surface area contributed by atoms with E-state index in [2.05, 4.69) is 6.07 Å². The average molecular weight is 257 g/mol. The molecule has 4 aliphatic rings. The summed E-state index contributed by atoms with van der Waals surface area (Å²) in [5.41, 5.74) is 8.91. The van der Waals surface area contributed by atoms with E-state index in [1.54, 1.807) is 6.07 Å². The molecule has 19 heavy (non-hydrogen) atoms. The second kappa shape index (κ2) is 3.91. The monoisotopic (exact) mass is 257 g/mol. The molecule has 0 radical (unpaired) electrons. The number of nitrogens with two attached hydrogens (primary N) is 1. The van der Waals surface area contributed by atoms with Crippen molar-refractivity contribution in [3.63, 3.8) is 0 Å². The molecule has 0 amide bonds. The first-order valence-electron chi connectivity index (χ1n) is 7.70. The van der Waals surface area contributed by atoms with Gasteiger partial charge in [0.15, 0.2) is 0 Å². The Kier molecular flexibility index (Phi) is 2.39. The zero-order chi connectivity index (χ0) is 13.1. The third-order valence-electron chi connectivity index (χ3n) is 6.00. The van der Waals surface area contributed by atoms with Crippen LogP contribution in [0.2, 0.25) is 0 Å². The molecule has 0 unspecified atom stereocenters. The number of anilines is 1. The summed E-state index contributed by atoms with van der Waals surface area (Å²) in [5, 5.41) is 10.3. The Morgan fingerprint density at radius 3 is 2.16 bits per heavy atom. The predicted molar refractivity (Wildman–Crippen MR) is 77.0 cm³/mol. The van der Waals surface area contributed by atoms with Crippen molar-refractivity contribution in [2.75, 3.05) is 5.73 Å². The van der Waals surface area contributed by atoms with Crippen LogP contribution in [0, 0.1) is 30.6 Å².